The molecule has 2 N–H and O–H groups in total. The zero-order valence-corrected chi connectivity index (χ0v) is 22.3. The van der Waals surface area contributed by atoms with Crippen LogP contribution in [0.2, 0.25) is 0 Å². The fourth-order valence-electron chi connectivity index (χ4n) is 4.69. The number of hydrogen-bond acceptors (Lipinski definition) is 8. The fraction of sp³-hybridized carbons (Fsp3) is 0.600. The number of aliphatic hydroxyl groups is 1. The van der Waals surface area contributed by atoms with Crippen LogP contribution in [-0.2, 0) is 10.0 Å². The second-order valence-electron chi connectivity index (χ2n) is 10.3. The van der Waals surface area contributed by atoms with Gasteiger partial charge in [0.05, 0.1) is 18.2 Å². The topological polar surface area (TPSA) is 125 Å². The quantitative estimate of drug-likeness (QED) is 0.517. The van der Waals surface area contributed by atoms with E-state index < -0.39 is 16.1 Å². The Morgan fingerprint density at radius 2 is 2.00 bits per heavy atom. The van der Waals surface area contributed by atoms with E-state index in [1.807, 2.05) is 0 Å². The van der Waals surface area contributed by atoms with Gasteiger partial charge in [-0.05, 0) is 64.8 Å². The van der Waals surface area contributed by atoms with Crippen molar-refractivity contribution in [1.29, 1.82) is 0 Å². The van der Waals surface area contributed by atoms with Crippen LogP contribution in [0.15, 0.2) is 27.6 Å². The Morgan fingerprint density at radius 3 is 2.61 bits per heavy atom. The first-order valence-corrected chi connectivity index (χ1v) is 13.8. The fourth-order valence-corrected chi connectivity index (χ4v) is 6.07. The largest absolute Gasteiger partial charge is 0.488 e. The highest BCUT2D eigenvalue weighted by atomic mass is 32.2. The molecule has 1 amide bonds. The van der Waals surface area contributed by atoms with E-state index in [0.29, 0.717) is 18.8 Å². The first kappa shape index (κ1) is 26.4. The van der Waals surface area contributed by atoms with Gasteiger partial charge >= 0.3 is 0 Å². The lowest BCUT2D eigenvalue weighted by atomic mass is 9.99. The number of anilines is 1. The van der Waals surface area contributed by atoms with Crippen molar-refractivity contribution in [2.45, 2.75) is 57.6 Å². The second-order valence-corrected chi connectivity index (χ2v) is 11.9. The maximum atomic E-state index is 13.6. The molecule has 1 fully saturated rings. The molecule has 36 heavy (non-hydrogen) atoms. The molecule has 198 valence electrons. The van der Waals surface area contributed by atoms with Gasteiger partial charge in [0.15, 0.2) is 10.7 Å². The molecule has 0 unspecified atom stereocenters. The standard InChI is InChI=1S/C25H36N4O6S/c1-15-11-29(16(2)14-30)25(31)21-10-20(27-36(32,33)24-17(3)26-35-18(24)4)8-9-22(21)34-23(15)13-28(5)12-19-6-7-19/h8-10,15-16,19,23,27,30H,6-7,11-14H2,1-5H3/t15-,16+,23+/m0/s1. The van der Waals surface area contributed by atoms with Gasteiger partial charge in [0, 0.05) is 31.2 Å². The van der Waals surface area contributed by atoms with Crippen LogP contribution in [0, 0.1) is 25.7 Å². The molecule has 0 saturated heterocycles. The number of fused-ring (bicyclic) bond motifs is 1. The normalized spacial score (nSPS) is 21.5. The van der Waals surface area contributed by atoms with Crippen molar-refractivity contribution < 1.29 is 27.6 Å². The zero-order valence-electron chi connectivity index (χ0n) is 21.5. The number of aryl methyl sites for hydroxylation is 2. The Kier molecular flexibility index (Phi) is 7.63. The minimum atomic E-state index is -3.99. The summed E-state index contributed by atoms with van der Waals surface area (Å²) in [5.41, 5.74) is 0.718. The first-order valence-electron chi connectivity index (χ1n) is 12.4. The molecule has 3 atom stereocenters. The van der Waals surface area contributed by atoms with Crippen LogP contribution in [-0.4, -0.2) is 79.8 Å². The maximum Gasteiger partial charge on any atom is 0.267 e. The molecule has 11 heteroatoms. The number of ether oxygens (including phenoxy) is 1. The molecule has 4 rings (SSSR count). The van der Waals surface area contributed by atoms with Crippen LogP contribution < -0.4 is 9.46 Å². The van der Waals surface area contributed by atoms with E-state index in [0.717, 1.165) is 12.5 Å². The van der Waals surface area contributed by atoms with E-state index in [9.17, 15) is 18.3 Å². The van der Waals surface area contributed by atoms with Crippen LogP contribution >= 0.6 is 0 Å². The van der Waals surface area contributed by atoms with Gasteiger partial charge in [0.25, 0.3) is 15.9 Å². The average Bonchev–Trinajstić information content (AvgIpc) is 3.56. The molecule has 0 spiro atoms. The maximum absolute atomic E-state index is 13.6. The van der Waals surface area contributed by atoms with Crippen molar-refractivity contribution in [2.75, 3.05) is 38.0 Å². The molecule has 0 radical (unpaired) electrons. The minimum absolute atomic E-state index is 0.0236. The van der Waals surface area contributed by atoms with Crippen molar-refractivity contribution in [3.05, 3.63) is 35.2 Å². The van der Waals surface area contributed by atoms with E-state index in [1.165, 1.54) is 25.8 Å². The van der Waals surface area contributed by atoms with Gasteiger partial charge < -0.3 is 24.2 Å². The van der Waals surface area contributed by atoms with Crippen LogP contribution in [0.25, 0.3) is 0 Å². The SMILES string of the molecule is Cc1noc(C)c1S(=O)(=O)Nc1ccc2c(c1)C(=O)N([C@H](C)CO)C[C@H](C)[C@@H](CN(C)CC1CC1)O2. The van der Waals surface area contributed by atoms with Crippen molar-refractivity contribution in [1.82, 2.24) is 15.0 Å². The molecule has 1 aliphatic heterocycles. The highest BCUT2D eigenvalue weighted by Crippen LogP contribution is 2.33. The Hall–Kier alpha value is -2.63. The van der Waals surface area contributed by atoms with Gasteiger partial charge in [-0.1, -0.05) is 12.1 Å². The molecular formula is C25H36N4O6S. The smallest absolute Gasteiger partial charge is 0.267 e. The summed E-state index contributed by atoms with van der Waals surface area (Å²) in [7, 11) is -1.90. The third-order valence-electron chi connectivity index (χ3n) is 6.91. The number of benzene rings is 1. The van der Waals surface area contributed by atoms with Crippen LogP contribution in [0.3, 0.4) is 0 Å². The lowest BCUT2D eigenvalue weighted by Crippen LogP contribution is -2.50. The highest BCUT2D eigenvalue weighted by molar-refractivity contribution is 7.92. The van der Waals surface area contributed by atoms with Crippen LogP contribution in [0.1, 0.15) is 48.5 Å². The molecule has 1 aromatic heterocycles. The molecule has 1 saturated carbocycles. The summed E-state index contributed by atoms with van der Waals surface area (Å²) < 4.78 is 40.0. The second kappa shape index (κ2) is 10.4. The van der Waals surface area contributed by atoms with Crippen LogP contribution in [0.5, 0.6) is 5.75 Å². The summed E-state index contributed by atoms with van der Waals surface area (Å²) in [6.07, 6.45) is 2.34. The number of aliphatic hydroxyl groups excluding tert-OH is 1. The zero-order chi connectivity index (χ0) is 26.2. The molecule has 1 aromatic carbocycles. The van der Waals surface area contributed by atoms with E-state index in [2.05, 4.69) is 28.8 Å². The van der Waals surface area contributed by atoms with Crippen molar-refractivity contribution in [2.24, 2.45) is 11.8 Å². The number of amides is 1. The Bertz CT molecular complexity index is 1190. The number of likely N-dealkylation sites (N-methyl/N-ethyl adjacent to an activating group) is 1. The predicted molar refractivity (Wildman–Crippen MR) is 135 cm³/mol. The van der Waals surface area contributed by atoms with E-state index >= 15 is 0 Å². The van der Waals surface area contributed by atoms with Crippen LogP contribution in [0.4, 0.5) is 5.69 Å². The number of nitrogens with zero attached hydrogens (tertiary/aromatic N) is 3. The lowest BCUT2D eigenvalue weighted by Gasteiger charge is -2.38. The number of nitrogens with one attached hydrogen (secondary N) is 1. The number of carbonyl (C=O) groups excluding carboxylic acids is 1. The van der Waals surface area contributed by atoms with Crippen molar-refractivity contribution in [3.8, 4) is 5.75 Å². The summed E-state index contributed by atoms with van der Waals surface area (Å²) >= 11 is 0. The molecule has 0 bridgehead atoms. The number of sulfonamides is 1. The highest BCUT2D eigenvalue weighted by Gasteiger charge is 2.34. The van der Waals surface area contributed by atoms with Gasteiger partial charge in [-0.2, -0.15) is 0 Å². The summed E-state index contributed by atoms with van der Waals surface area (Å²) in [6, 6.07) is 4.30. The summed E-state index contributed by atoms with van der Waals surface area (Å²) in [6.45, 7) is 8.88. The van der Waals surface area contributed by atoms with Gasteiger partial charge in [-0.15, -0.1) is 0 Å². The summed E-state index contributed by atoms with van der Waals surface area (Å²) in [5, 5.41) is 13.6. The van der Waals surface area contributed by atoms with E-state index in [1.54, 1.807) is 30.9 Å². The monoisotopic (exact) mass is 520 g/mol. The third kappa shape index (κ3) is 5.68. The van der Waals surface area contributed by atoms with Gasteiger partial charge in [-0.3, -0.25) is 9.52 Å². The van der Waals surface area contributed by atoms with Gasteiger partial charge in [-0.25, -0.2) is 8.42 Å². The molecule has 2 aliphatic rings. The minimum Gasteiger partial charge on any atom is -0.488 e. The Labute approximate surface area is 212 Å². The number of carbonyl (C=O) groups is 1. The van der Waals surface area contributed by atoms with Crippen molar-refractivity contribution >= 4 is 21.6 Å². The lowest BCUT2D eigenvalue weighted by molar-refractivity contribution is 0.0344. The third-order valence-corrected chi connectivity index (χ3v) is 8.54. The number of rotatable bonds is 9. The number of hydrogen-bond donors (Lipinski definition) is 2. The summed E-state index contributed by atoms with van der Waals surface area (Å²) in [4.78, 5) is 17.5. The van der Waals surface area contributed by atoms with Gasteiger partial charge in [0.1, 0.15) is 17.5 Å². The molecular weight excluding hydrogens is 484 g/mol. The van der Waals surface area contributed by atoms with Gasteiger partial charge in [0.2, 0.25) is 0 Å². The molecule has 2 heterocycles. The average molecular weight is 521 g/mol. The van der Waals surface area contributed by atoms with E-state index in [4.69, 9.17) is 9.26 Å². The molecule has 2 aromatic rings. The first-order chi connectivity index (χ1) is 17.0. The Morgan fingerprint density at radius 1 is 1.28 bits per heavy atom. The Balaban J connectivity index is 1.66. The molecule has 10 nitrogen and oxygen atoms in total. The predicted octanol–water partition coefficient (Wildman–Crippen LogP) is 2.65. The molecule has 1 aliphatic carbocycles. The van der Waals surface area contributed by atoms with E-state index in [-0.39, 0.29) is 52.1 Å². The number of aromatic nitrogens is 1. The summed E-state index contributed by atoms with van der Waals surface area (Å²) in [5.74, 6) is 1.02. The van der Waals surface area contributed by atoms with Crippen molar-refractivity contribution in [3.63, 3.8) is 0 Å².